The molecule has 29 heavy (non-hydrogen) atoms. The van der Waals surface area contributed by atoms with E-state index in [9.17, 15) is 13.2 Å². The quantitative estimate of drug-likeness (QED) is 0.824. The second-order valence-corrected chi connectivity index (χ2v) is 10.0. The molecule has 3 aliphatic rings. The highest BCUT2D eigenvalue weighted by atomic mass is 32.2. The number of benzene rings is 2. The molecule has 5 rings (SSSR count). The van der Waals surface area contributed by atoms with Crippen LogP contribution in [0, 0.1) is 0 Å². The van der Waals surface area contributed by atoms with Crippen LogP contribution in [0.4, 0.5) is 11.4 Å². The Morgan fingerprint density at radius 3 is 2.76 bits per heavy atom. The highest BCUT2D eigenvalue weighted by Crippen LogP contribution is 2.36. The molecule has 3 heterocycles. The Balaban J connectivity index is 1.57. The number of sulfonamides is 1. The molecular formula is C22H25N3O3S. The highest BCUT2D eigenvalue weighted by molar-refractivity contribution is 7.92. The highest BCUT2D eigenvalue weighted by Gasteiger charge is 2.36. The molecular weight excluding hydrogens is 386 g/mol. The number of para-hydroxylation sites is 1. The summed E-state index contributed by atoms with van der Waals surface area (Å²) in [6.07, 6.45) is 4.03. The van der Waals surface area contributed by atoms with Gasteiger partial charge < -0.3 is 5.32 Å². The Labute approximate surface area is 171 Å². The lowest BCUT2D eigenvalue weighted by Crippen LogP contribution is -2.40. The molecule has 2 aromatic rings. The lowest BCUT2D eigenvalue weighted by Gasteiger charge is -2.28. The molecule has 7 heteroatoms. The number of nitrogens with one attached hydrogen (secondary N) is 1. The number of fused-ring (bicyclic) bond motifs is 3. The fourth-order valence-electron chi connectivity index (χ4n) is 4.77. The van der Waals surface area contributed by atoms with Gasteiger partial charge in [0.15, 0.2) is 0 Å². The van der Waals surface area contributed by atoms with E-state index in [4.69, 9.17) is 0 Å². The zero-order valence-electron chi connectivity index (χ0n) is 16.3. The summed E-state index contributed by atoms with van der Waals surface area (Å²) < 4.78 is 29.1. The zero-order chi connectivity index (χ0) is 20.0. The maximum absolute atomic E-state index is 13.7. The summed E-state index contributed by atoms with van der Waals surface area (Å²) in [5.74, 6) is -0.0119. The maximum atomic E-state index is 13.7. The fraction of sp³-hybridized carbons (Fsp3) is 0.409. The van der Waals surface area contributed by atoms with Crippen LogP contribution in [0.25, 0.3) is 0 Å². The Morgan fingerprint density at radius 2 is 1.86 bits per heavy atom. The number of carbonyl (C=O) groups excluding carboxylic acids is 1. The lowest BCUT2D eigenvalue weighted by atomic mass is 10.1. The Kier molecular flexibility index (Phi) is 4.59. The third-order valence-corrected chi connectivity index (χ3v) is 8.07. The molecule has 3 aliphatic heterocycles. The molecule has 1 saturated heterocycles. The van der Waals surface area contributed by atoms with Crippen molar-refractivity contribution in [3.63, 3.8) is 0 Å². The number of anilines is 2. The van der Waals surface area contributed by atoms with Crippen LogP contribution in [0.15, 0.2) is 47.4 Å². The lowest BCUT2D eigenvalue weighted by molar-refractivity contribution is -0.116. The van der Waals surface area contributed by atoms with Gasteiger partial charge in [0, 0.05) is 31.2 Å². The average molecular weight is 412 g/mol. The van der Waals surface area contributed by atoms with Gasteiger partial charge in [-0.05, 0) is 67.6 Å². The van der Waals surface area contributed by atoms with Crippen LogP contribution < -0.4 is 9.62 Å². The van der Waals surface area contributed by atoms with Crippen LogP contribution in [0.1, 0.15) is 36.8 Å². The number of nitrogens with zero attached hydrogens (tertiary/aromatic N) is 2. The van der Waals surface area contributed by atoms with Gasteiger partial charge in [-0.15, -0.1) is 0 Å². The van der Waals surface area contributed by atoms with E-state index in [0.29, 0.717) is 24.3 Å². The largest absolute Gasteiger partial charge is 0.326 e. The van der Waals surface area contributed by atoms with E-state index in [1.807, 2.05) is 24.3 Å². The third-order valence-electron chi connectivity index (χ3n) is 6.30. The van der Waals surface area contributed by atoms with Crippen molar-refractivity contribution in [3.8, 4) is 0 Å². The van der Waals surface area contributed by atoms with Crippen LogP contribution in [-0.2, 0) is 27.8 Å². The van der Waals surface area contributed by atoms with Crippen LogP contribution in [0.5, 0.6) is 0 Å². The van der Waals surface area contributed by atoms with E-state index in [2.05, 4.69) is 10.2 Å². The van der Waals surface area contributed by atoms with Gasteiger partial charge in [0.1, 0.15) is 0 Å². The van der Waals surface area contributed by atoms with Crippen molar-refractivity contribution in [2.24, 2.45) is 0 Å². The van der Waals surface area contributed by atoms with Crippen LogP contribution >= 0.6 is 0 Å². The van der Waals surface area contributed by atoms with Gasteiger partial charge in [0.2, 0.25) is 5.91 Å². The van der Waals surface area contributed by atoms with Gasteiger partial charge in [-0.25, -0.2) is 8.42 Å². The minimum Gasteiger partial charge on any atom is -0.326 e. The van der Waals surface area contributed by atoms with E-state index >= 15 is 0 Å². The normalized spacial score (nSPS) is 22.1. The molecule has 0 saturated carbocycles. The first-order chi connectivity index (χ1) is 14.0. The first kappa shape index (κ1) is 18.6. The predicted molar refractivity (Wildman–Crippen MR) is 112 cm³/mol. The van der Waals surface area contributed by atoms with E-state index in [1.54, 1.807) is 22.5 Å². The number of carbonyl (C=O) groups is 1. The van der Waals surface area contributed by atoms with Gasteiger partial charge >= 0.3 is 0 Å². The molecule has 1 unspecified atom stereocenters. The van der Waals surface area contributed by atoms with E-state index in [0.717, 1.165) is 54.9 Å². The van der Waals surface area contributed by atoms with Gasteiger partial charge in [0.05, 0.1) is 10.6 Å². The van der Waals surface area contributed by atoms with Gasteiger partial charge in [0.25, 0.3) is 10.0 Å². The molecule has 2 aromatic carbocycles. The second kappa shape index (κ2) is 7.15. The SMILES string of the molecule is O=C1CCCc2cc(S(=O)(=O)N3CC4CCCN4Cc4ccccc43)ccc2N1. The Bertz CT molecular complexity index is 1070. The molecule has 1 atom stereocenters. The summed E-state index contributed by atoms with van der Waals surface area (Å²) in [6.45, 7) is 2.29. The van der Waals surface area contributed by atoms with Crippen LogP contribution in [-0.4, -0.2) is 38.4 Å². The number of aryl methyl sites for hydroxylation is 1. The topological polar surface area (TPSA) is 69.7 Å². The van der Waals surface area contributed by atoms with Crippen molar-refractivity contribution >= 4 is 27.3 Å². The molecule has 152 valence electrons. The molecule has 0 aromatic heterocycles. The van der Waals surface area contributed by atoms with E-state index in [1.165, 1.54) is 0 Å². The van der Waals surface area contributed by atoms with Crippen molar-refractivity contribution in [2.45, 2.75) is 49.6 Å². The first-order valence-electron chi connectivity index (χ1n) is 10.3. The fourth-order valence-corrected chi connectivity index (χ4v) is 6.36. The third kappa shape index (κ3) is 3.32. The molecule has 1 fully saturated rings. The molecule has 0 aliphatic carbocycles. The molecule has 1 amide bonds. The summed E-state index contributed by atoms with van der Waals surface area (Å²) in [7, 11) is -3.70. The molecule has 6 nitrogen and oxygen atoms in total. The summed E-state index contributed by atoms with van der Waals surface area (Å²) in [5, 5.41) is 2.88. The zero-order valence-corrected chi connectivity index (χ0v) is 17.1. The van der Waals surface area contributed by atoms with Crippen molar-refractivity contribution in [1.82, 2.24) is 4.90 Å². The standard InChI is InChI=1S/C22H25N3O3S/c26-22-9-3-6-16-13-19(10-11-20(16)23-22)29(27,28)25-15-18-7-4-12-24(18)14-17-5-1-2-8-21(17)25/h1-2,5,8,10-11,13,18H,3-4,6-7,9,12,14-15H2,(H,23,26). The van der Waals surface area contributed by atoms with Crippen molar-refractivity contribution in [3.05, 3.63) is 53.6 Å². The smallest absolute Gasteiger partial charge is 0.264 e. The van der Waals surface area contributed by atoms with E-state index in [-0.39, 0.29) is 11.9 Å². The number of hydrogen-bond acceptors (Lipinski definition) is 4. The minimum atomic E-state index is -3.70. The molecule has 0 radical (unpaired) electrons. The monoisotopic (exact) mass is 411 g/mol. The van der Waals surface area contributed by atoms with Crippen LogP contribution in [0.3, 0.4) is 0 Å². The van der Waals surface area contributed by atoms with Crippen molar-refractivity contribution in [2.75, 3.05) is 22.7 Å². The number of hydrogen-bond donors (Lipinski definition) is 1. The summed E-state index contributed by atoms with van der Waals surface area (Å²) in [6, 6.07) is 13.2. The second-order valence-electron chi connectivity index (χ2n) is 8.15. The minimum absolute atomic E-state index is 0.0119. The van der Waals surface area contributed by atoms with Gasteiger partial charge in [-0.1, -0.05) is 18.2 Å². The summed E-state index contributed by atoms with van der Waals surface area (Å²) >= 11 is 0. The number of rotatable bonds is 2. The maximum Gasteiger partial charge on any atom is 0.264 e. The average Bonchev–Trinajstić information content (AvgIpc) is 2.96. The van der Waals surface area contributed by atoms with Crippen molar-refractivity contribution < 1.29 is 13.2 Å². The molecule has 0 bridgehead atoms. The first-order valence-corrected chi connectivity index (χ1v) is 11.7. The Morgan fingerprint density at radius 1 is 1.00 bits per heavy atom. The predicted octanol–water partition coefficient (Wildman–Crippen LogP) is 3.13. The van der Waals surface area contributed by atoms with Crippen molar-refractivity contribution in [1.29, 1.82) is 0 Å². The van der Waals surface area contributed by atoms with Crippen LogP contribution in [0.2, 0.25) is 0 Å². The molecule has 1 N–H and O–H groups in total. The summed E-state index contributed by atoms with van der Waals surface area (Å²) in [4.78, 5) is 14.5. The molecule has 0 spiro atoms. The summed E-state index contributed by atoms with van der Waals surface area (Å²) in [5.41, 5.74) is 3.46. The van der Waals surface area contributed by atoms with E-state index < -0.39 is 10.0 Å². The Hall–Kier alpha value is -2.38. The number of amides is 1. The van der Waals surface area contributed by atoms with Gasteiger partial charge in [-0.3, -0.25) is 14.0 Å². The van der Waals surface area contributed by atoms with Gasteiger partial charge in [-0.2, -0.15) is 0 Å².